The first-order valence-electron chi connectivity index (χ1n) is 9.74. The van der Waals surface area contributed by atoms with Gasteiger partial charge in [0.15, 0.2) is 9.84 Å². The van der Waals surface area contributed by atoms with Gasteiger partial charge in [0.05, 0.1) is 15.7 Å². The Bertz CT molecular complexity index is 809. The number of hydrogen-bond acceptors (Lipinski definition) is 4. The van der Waals surface area contributed by atoms with Crippen LogP contribution in [-0.2, 0) is 20.8 Å². The second kappa shape index (κ2) is 9.04. The van der Waals surface area contributed by atoms with E-state index in [9.17, 15) is 26.4 Å². The molecule has 5 nitrogen and oxygen atoms in total. The lowest BCUT2D eigenvalue weighted by molar-refractivity contribution is -0.137. The number of alkyl halides is 3. The van der Waals surface area contributed by atoms with E-state index in [1.165, 1.54) is 6.07 Å². The van der Waals surface area contributed by atoms with Crippen LogP contribution in [0.2, 0.25) is 0 Å². The van der Waals surface area contributed by atoms with Crippen LogP contribution >= 0.6 is 0 Å². The highest BCUT2D eigenvalue weighted by molar-refractivity contribution is 7.92. The van der Waals surface area contributed by atoms with Gasteiger partial charge in [0.25, 0.3) is 0 Å². The van der Waals surface area contributed by atoms with Crippen molar-refractivity contribution in [3.8, 4) is 0 Å². The fraction of sp³-hybridized carbons (Fsp3) is 0.650. The Morgan fingerprint density at radius 2 is 1.69 bits per heavy atom. The molecule has 0 aliphatic heterocycles. The third-order valence-corrected chi connectivity index (χ3v) is 7.39. The zero-order valence-electron chi connectivity index (χ0n) is 17.0. The van der Waals surface area contributed by atoms with E-state index in [0.29, 0.717) is 38.8 Å². The number of amides is 1. The van der Waals surface area contributed by atoms with Crippen molar-refractivity contribution in [1.82, 2.24) is 10.6 Å². The molecule has 164 valence electrons. The van der Waals surface area contributed by atoms with Gasteiger partial charge in [0.2, 0.25) is 5.91 Å². The minimum absolute atomic E-state index is 0.0322. The van der Waals surface area contributed by atoms with Crippen molar-refractivity contribution >= 4 is 15.7 Å². The summed E-state index contributed by atoms with van der Waals surface area (Å²) in [7, 11) is -3.81. The summed E-state index contributed by atoms with van der Waals surface area (Å²) in [4.78, 5) is 11.5. The van der Waals surface area contributed by atoms with Gasteiger partial charge >= 0.3 is 6.18 Å². The minimum atomic E-state index is -4.57. The summed E-state index contributed by atoms with van der Waals surface area (Å²) in [6.07, 6.45) is -2.54. The first-order chi connectivity index (χ1) is 13.3. The molecule has 1 saturated carbocycles. The molecule has 0 radical (unpaired) electrons. The SMILES string of the molecule is CC(C)(C)C(=O)NCCNC1CCC(S(=O)(=O)c2cccc(C(F)(F)F)c2)CC1. The van der Waals surface area contributed by atoms with Crippen LogP contribution < -0.4 is 10.6 Å². The molecule has 0 unspecified atom stereocenters. The van der Waals surface area contributed by atoms with Crippen molar-refractivity contribution in [3.05, 3.63) is 29.8 Å². The molecule has 0 bridgehead atoms. The fourth-order valence-corrected chi connectivity index (χ4v) is 5.17. The number of sulfone groups is 1. The predicted octanol–water partition coefficient (Wildman–Crippen LogP) is 3.54. The van der Waals surface area contributed by atoms with Crippen molar-refractivity contribution in [2.45, 2.75) is 68.8 Å². The van der Waals surface area contributed by atoms with Gasteiger partial charge in [0.1, 0.15) is 0 Å². The molecule has 9 heteroatoms. The van der Waals surface area contributed by atoms with Crippen LogP contribution in [0.3, 0.4) is 0 Å². The van der Waals surface area contributed by atoms with E-state index in [0.717, 1.165) is 18.2 Å². The molecule has 1 amide bonds. The Kier molecular flexibility index (Phi) is 7.37. The number of carbonyl (C=O) groups is 1. The van der Waals surface area contributed by atoms with Crippen molar-refractivity contribution in [2.75, 3.05) is 13.1 Å². The van der Waals surface area contributed by atoms with E-state index in [1.807, 2.05) is 20.8 Å². The maximum absolute atomic E-state index is 12.9. The lowest BCUT2D eigenvalue weighted by atomic mass is 9.95. The molecule has 2 N–H and O–H groups in total. The largest absolute Gasteiger partial charge is 0.416 e. The fourth-order valence-electron chi connectivity index (χ4n) is 3.34. The van der Waals surface area contributed by atoms with Crippen LogP contribution in [0.25, 0.3) is 0 Å². The van der Waals surface area contributed by atoms with Gasteiger partial charge in [-0.3, -0.25) is 4.79 Å². The molecule has 0 heterocycles. The van der Waals surface area contributed by atoms with Crippen molar-refractivity contribution in [2.24, 2.45) is 5.41 Å². The molecule has 1 aromatic carbocycles. The third kappa shape index (κ3) is 6.44. The van der Waals surface area contributed by atoms with E-state index in [4.69, 9.17) is 0 Å². The van der Waals surface area contributed by atoms with Crippen LogP contribution in [0, 0.1) is 5.41 Å². The molecule has 0 atom stereocenters. The molecule has 1 aliphatic rings. The maximum Gasteiger partial charge on any atom is 0.416 e. The monoisotopic (exact) mass is 434 g/mol. The number of rotatable bonds is 6. The summed E-state index contributed by atoms with van der Waals surface area (Å²) in [5.74, 6) is -0.0322. The van der Waals surface area contributed by atoms with Gasteiger partial charge in [-0.05, 0) is 43.9 Å². The van der Waals surface area contributed by atoms with Crippen LogP contribution in [0.15, 0.2) is 29.2 Å². The summed E-state index contributed by atoms with van der Waals surface area (Å²) >= 11 is 0. The Labute approximate surface area is 170 Å². The zero-order chi connectivity index (χ0) is 21.9. The standard InChI is InChI=1S/C20H29F3N2O3S/c1-19(2,3)18(26)25-12-11-24-15-7-9-16(10-8-15)29(27,28)17-6-4-5-14(13-17)20(21,22)23/h4-6,13,15-16,24H,7-12H2,1-3H3,(H,25,26). The molecular weight excluding hydrogens is 405 g/mol. The van der Waals surface area contributed by atoms with Crippen molar-refractivity contribution < 1.29 is 26.4 Å². The Morgan fingerprint density at radius 3 is 2.24 bits per heavy atom. The lowest BCUT2D eigenvalue weighted by Gasteiger charge is -2.29. The average molecular weight is 435 g/mol. The van der Waals surface area contributed by atoms with Crippen LogP contribution in [0.4, 0.5) is 13.2 Å². The summed E-state index contributed by atoms with van der Waals surface area (Å²) in [5, 5.41) is 5.48. The molecule has 1 aliphatic carbocycles. The van der Waals surface area contributed by atoms with E-state index >= 15 is 0 Å². The smallest absolute Gasteiger partial charge is 0.354 e. The van der Waals surface area contributed by atoms with Crippen molar-refractivity contribution in [3.63, 3.8) is 0 Å². The van der Waals surface area contributed by atoms with E-state index in [-0.39, 0.29) is 16.8 Å². The van der Waals surface area contributed by atoms with E-state index in [1.54, 1.807) is 0 Å². The number of carbonyl (C=O) groups excluding carboxylic acids is 1. The molecule has 1 fully saturated rings. The number of nitrogens with one attached hydrogen (secondary N) is 2. The molecule has 2 rings (SSSR count). The normalized spacial score (nSPS) is 21.0. The number of hydrogen-bond donors (Lipinski definition) is 2. The Balaban J connectivity index is 1.86. The number of benzene rings is 1. The van der Waals surface area contributed by atoms with Gasteiger partial charge in [0, 0.05) is 24.5 Å². The maximum atomic E-state index is 12.9. The predicted molar refractivity (Wildman–Crippen MR) is 105 cm³/mol. The second-order valence-corrected chi connectivity index (χ2v) is 10.7. The molecule has 0 aromatic heterocycles. The molecular formula is C20H29F3N2O3S. The first kappa shape index (κ1) is 23.7. The number of halogens is 3. The van der Waals surface area contributed by atoms with Crippen LogP contribution in [0.1, 0.15) is 52.0 Å². The third-order valence-electron chi connectivity index (χ3n) is 5.13. The molecule has 0 saturated heterocycles. The zero-order valence-corrected chi connectivity index (χ0v) is 17.8. The van der Waals surface area contributed by atoms with Gasteiger partial charge in [-0.25, -0.2) is 8.42 Å². The topological polar surface area (TPSA) is 75.3 Å². The molecule has 29 heavy (non-hydrogen) atoms. The Morgan fingerprint density at radius 1 is 1.07 bits per heavy atom. The highest BCUT2D eigenvalue weighted by atomic mass is 32.2. The quantitative estimate of drug-likeness (QED) is 0.672. The summed E-state index contributed by atoms with van der Waals surface area (Å²) in [6, 6.07) is 4.09. The second-order valence-electron chi connectivity index (χ2n) is 8.50. The average Bonchev–Trinajstić information content (AvgIpc) is 2.64. The van der Waals surface area contributed by atoms with Crippen molar-refractivity contribution in [1.29, 1.82) is 0 Å². The van der Waals surface area contributed by atoms with E-state index in [2.05, 4.69) is 10.6 Å². The van der Waals surface area contributed by atoms with Crippen LogP contribution in [0.5, 0.6) is 0 Å². The van der Waals surface area contributed by atoms with Gasteiger partial charge in [-0.2, -0.15) is 13.2 Å². The van der Waals surface area contributed by atoms with Gasteiger partial charge in [-0.1, -0.05) is 26.8 Å². The minimum Gasteiger partial charge on any atom is -0.354 e. The lowest BCUT2D eigenvalue weighted by Crippen LogP contribution is -2.42. The Hall–Kier alpha value is -1.61. The molecule has 1 aromatic rings. The van der Waals surface area contributed by atoms with E-state index < -0.39 is 32.2 Å². The van der Waals surface area contributed by atoms with Crippen LogP contribution in [-0.4, -0.2) is 38.7 Å². The summed E-state index contributed by atoms with van der Waals surface area (Å²) in [6.45, 7) is 6.57. The summed E-state index contributed by atoms with van der Waals surface area (Å²) < 4.78 is 64.2. The highest BCUT2D eigenvalue weighted by Gasteiger charge is 2.35. The van der Waals surface area contributed by atoms with Gasteiger partial charge < -0.3 is 10.6 Å². The van der Waals surface area contributed by atoms with Gasteiger partial charge in [-0.15, -0.1) is 0 Å². The highest BCUT2D eigenvalue weighted by Crippen LogP contribution is 2.33. The summed E-state index contributed by atoms with van der Waals surface area (Å²) in [5.41, 5.74) is -1.40. The molecule has 0 spiro atoms. The first-order valence-corrected chi connectivity index (χ1v) is 11.3.